The van der Waals surface area contributed by atoms with E-state index in [1.54, 1.807) is 11.1 Å². The lowest BCUT2D eigenvalue weighted by atomic mass is 9.93. The van der Waals surface area contributed by atoms with Crippen LogP contribution in [-0.2, 0) is 17.7 Å². The molecule has 21 heavy (non-hydrogen) atoms. The molecule has 0 spiro atoms. The van der Waals surface area contributed by atoms with Crippen LogP contribution in [0.2, 0.25) is 0 Å². The number of hydrogen-bond acceptors (Lipinski definition) is 3. The Balaban J connectivity index is 1.49. The van der Waals surface area contributed by atoms with Crippen molar-refractivity contribution in [2.45, 2.75) is 50.7 Å². The third-order valence-corrected chi connectivity index (χ3v) is 5.44. The van der Waals surface area contributed by atoms with Crippen LogP contribution in [0.3, 0.4) is 0 Å². The van der Waals surface area contributed by atoms with E-state index < -0.39 is 0 Å². The minimum Gasteiger partial charge on any atom is -0.378 e. The molecule has 0 radical (unpaired) electrons. The minimum atomic E-state index is 0.386. The maximum Gasteiger partial charge on any atom is 0.0662 e. The number of nitrogens with one attached hydrogen (secondary N) is 1. The molecule has 2 fully saturated rings. The fourth-order valence-corrected chi connectivity index (χ4v) is 4.17. The first kappa shape index (κ1) is 13.7. The standard InChI is InChI=1S/C18H26N2O/c1-2-4-17(3-1)20-9-7-14-11-15(5-6-16(14)12-20)18-13-21-10-8-19-18/h5-6,11,17-19H,1-4,7-10,12-13H2. The van der Waals surface area contributed by atoms with Crippen molar-refractivity contribution >= 4 is 0 Å². The normalized spacial score (nSPS) is 27.7. The molecule has 0 amide bonds. The Morgan fingerprint density at radius 1 is 1.14 bits per heavy atom. The first-order valence-electron chi connectivity index (χ1n) is 8.57. The lowest BCUT2D eigenvalue weighted by Crippen LogP contribution is -2.38. The summed E-state index contributed by atoms with van der Waals surface area (Å²) in [4.78, 5) is 2.72. The average Bonchev–Trinajstić information content (AvgIpc) is 3.09. The zero-order valence-corrected chi connectivity index (χ0v) is 12.8. The summed E-state index contributed by atoms with van der Waals surface area (Å²) in [6.45, 7) is 5.03. The molecule has 1 aromatic rings. The van der Waals surface area contributed by atoms with Crippen molar-refractivity contribution in [1.29, 1.82) is 0 Å². The monoisotopic (exact) mass is 286 g/mol. The predicted molar refractivity (Wildman–Crippen MR) is 84.4 cm³/mol. The number of nitrogens with zero attached hydrogens (tertiary/aromatic N) is 1. The Morgan fingerprint density at radius 3 is 2.86 bits per heavy atom. The molecule has 1 aromatic carbocycles. The molecule has 0 bridgehead atoms. The molecule has 0 aromatic heterocycles. The molecule has 3 aliphatic rings. The quantitative estimate of drug-likeness (QED) is 0.904. The number of hydrogen-bond donors (Lipinski definition) is 1. The van der Waals surface area contributed by atoms with Crippen molar-refractivity contribution in [3.05, 3.63) is 34.9 Å². The Kier molecular flexibility index (Phi) is 3.97. The Labute approximate surface area is 127 Å². The maximum atomic E-state index is 5.59. The van der Waals surface area contributed by atoms with Crippen molar-refractivity contribution in [3.63, 3.8) is 0 Å². The number of fused-ring (bicyclic) bond motifs is 1. The van der Waals surface area contributed by atoms with E-state index in [4.69, 9.17) is 4.74 Å². The second-order valence-electron chi connectivity index (χ2n) is 6.77. The van der Waals surface area contributed by atoms with Gasteiger partial charge in [0.2, 0.25) is 0 Å². The van der Waals surface area contributed by atoms with Crippen molar-refractivity contribution in [2.24, 2.45) is 0 Å². The largest absolute Gasteiger partial charge is 0.378 e. The molecular weight excluding hydrogens is 260 g/mol. The van der Waals surface area contributed by atoms with Crippen LogP contribution in [0.5, 0.6) is 0 Å². The van der Waals surface area contributed by atoms with Crippen LogP contribution in [0, 0.1) is 0 Å². The first-order valence-corrected chi connectivity index (χ1v) is 8.57. The Bertz CT molecular complexity index is 490. The third-order valence-electron chi connectivity index (χ3n) is 5.44. The maximum absolute atomic E-state index is 5.59. The first-order chi connectivity index (χ1) is 10.4. The van der Waals surface area contributed by atoms with Gasteiger partial charge in [0, 0.05) is 25.7 Å². The van der Waals surface area contributed by atoms with Crippen LogP contribution in [0.15, 0.2) is 18.2 Å². The van der Waals surface area contributed by atoms with E-state index in [2.05, 4.69) is 28.4 Å². The van der Waals surface area contributed by atoms with E-state index >= 15 is 0 Å². The molecule has 1 saturated carbocycles. The summed E-state index contributed by atoms with van der Waals surface area (Å²) in [6.07, 6.45) is 6.90. The van der Waals surface area contributed by atoms with E-state index in [0.717, 1.165) is 32.3 Å². The van der Waals surface area contributed by atoms with Gasteiger partial charge in [0.15, 0.2) is 0 Å². The van der Waals surface area contributed by atoms with E-state index in [1.165, 1.54) is 44.2 Å². The zero-order chi connectivity index (χ0) is 14.1. The molecule has 4 rings (SSSR count). The van der Waals surface area contributed by atoms with E-state index in [-0.39, 0.29) is 0 Å². The van der Waals surface area contributed by atoms with Gasteiger partial charge in [-0.05, 0) is 36.0 Å². The summed E-state index contributed by atoms with van der Waals surface area (Å²) in [5.74, 6) is 0. The number of rotatable bonds is 2. The van der Waals surface area contributed by atoms with Crippen molar-refractivity contribution in [2.75, 3.05) is 26.3 Å². The van der Waals surface area contributed by atoms with E-state index in [1.807, 2.05) is 0 Å². The number of benzene rings is 1. The number of morpholine rings is 1. The predicted octanol–water partition coefficient (Wildman–Crippen LogP) is 2.65. The molecule has 1 saturated heterocycles. The van der Waals surface area contributed by atoms with E-state index in [0.29, 0.717) is 6.04 Å². The lowest BCUT2D eigenvalue weighted by Gasteiger charge is -2.34. The second kappa shape index (κ2) is 6.07. The summed E-state index contributed by atoms with van der Waals surface area (Å²) in [5, 5.41) is 3.56. The van der Waals surface area contributed by atoms with Gasteiger partial charge in [-0.25, -0.2) is 0 Å². The molecule has 1 unspecified atom stereocenters. The number of ether oxygens (including phenoxy) is 1. The van der Waals surface area contributed by atoms with Crippen LogP contribution in [0.25, 0.3) is 0 Å². The molecule has 2 aliphatic heterocycles. The third kappa shape index (κ3) is 2.87. The average molecular weight is 286 g/mol. The molecule has 114 valence electrons. The van der Waals surface area contributed by atoms with Crippen molar-refractivity contribution in [1.82, 2.24) is 10.2 Å². The summed E-state index contributed by atoms with van der Waals surface area (Å²) >= 11 is 0. The summed E-state index contributed by atoms with van der Waals surface area (Å²) in [5.41, 5.74) is 4.52. The minimum absolute atomic E-state index is 0.386. The summed E-state index contributed by atoms with van der Waals surface area (Å²) in [6, 6.07) is 8.34. The Hall–Kier alpha value is -0.900. The van der Waals surface area contributed by atoms with Gasteiger partial charge in [-0.2, -0.15) is 0 Å². The van der Waals surface area contributed by atoms with Crippen LogP contribution in [-0.4, -0.2) is 37.2 Å². The fraction of sp³-hybridized carbons (Fsp3) is 0.667. The topological polar surface area (TPSA) is 24.5 Å². The van der Waals surface area contributed by atoms with Gasteiger partial charge in [-0.15, -0.1) is 0 Å². The summed E-state index contributed by atoms with van der Waals surface area (Å²) < 4.78 is 5.59. The van der Waals surface area contributed by atoms with Gasteiger partial charge in [0.1, 0.15) is 0 Å². The Morgan fingerprint density at radius 2 is 2.05 bits per heavy atom. The highest BCUT2D eigenvalue weighted by molar-refractivity contribution is 5.35. The van der Waals surface area contributed by atoms with Gasteiger partial charge in [-0.3, -0.25) is 4.90 Å². The van der Waals surface area contributed by atoms with Crippen LogP contribution < -0.4 is 5.32 Å². The van der Waals surface area contributed by atoms with Gasteiger partial charge in [-0.1, -0.05) is 31.0 Å². The zero-order valence-electron chi connectivity index (χ0n) is 12.8. The van der Waals surface area contributed by atoms with Crippen LogP contribution in [0.4, 0.5) is 0 Å². The van der Waals surface area contributed by atoms with Crippen LogP contribution in [0.1, 0.15) is 48.4 Å². The lowest BCUT2D eigenvalue weighted by molar-refractivity contribution is 0.0768. The van der Waals surface area contributed by atoms with Gasteiger partial charge < -0.3 is 10.1 Å². The van der Waals surface area contributed by atoms with Gasteiger partial charge in [0.05, 0.1) is 19.3 Å². The van der Waals surface area contributed by atoms with Crippen LogP contribution >= 0.6 is 0 Å². The second-order valence-corrected chi connectivity index (χ2v) is 6.77. The fourth-order valence-electron chi connectivity index (χ4n) is 4.17. The highest BCUT2D eigenvalue weighted by Crippen LogP contribution is 2.30. The van der Waals surface area contributed by atoms with E-state index in [9.17, 15) is 0 Å². The molecule has 1 atom stereocenters. The molecule has 3 nitrogen and oxygen atoms in total. The molecular formula is C18H26N2O. The summed E-state index contributed by atoms with van der Waals surface area (Å²) in [7, 11) is 0. The molecule has 3 heteroatoms. The SMILES string of the molecule is c1cc2c(cc1C1COCCN1)CCN(C1CCCC1)C2. The van der Waals surface area contributed by atoms with Crippen molar-refractivity contribution in [3.8, 4) is 0 Å². The molecule has 1 N–H and O–H groups in total. The van der Waals surface area contributed by atoms with Gasteiger partial charge >= 0.3 is 0 Å². The highest BCUT2D eigenvalue weighted by atomic mass is 16.5. The molecule has 1 aliphatic carbocycles. The van der Waals surface area contributed by atoms with Crippen molar-refractivity contribution < 1.29 is 4.74 Å². The highest BCUT2D eigenvalue weighted by Gasteiger charge is 2.26. The molecule has 2 heterocycles. The smallest absolute Gasteiger partial charge is 0.0662 e. The van der Waals surface area contributed by atoms with Gasteiger partial charge in [0.25, 0.3) is 0 Å².